The van der Waals surface area contributed by atoms with Crippen molar-refractivity contribution in [2.45, 2.75) is 39.7 Å². The number of carbonyl (C=O) groups is 1. The summed E-state index contributed by atoms with van der Waals surface area (Å²) in [7, 11) is 0. The molecule has 1 aromatic carbocycles. The van der Waals surface area contributed by atoms with Gasteiger partial charge in [0.15, 0.2) is 6.10 Å². The molecule has 0 radical (unpaired) electrons. The Morgan fingerprint density at radius 1 is 1.44 bits per heavy atom. The summed E-state index contributed by atoms with van der Waals surface area (Å²) in [5.74, 6) is 5.63. The van der Waals surface area contributed by atoms with Crippen molar-refractivity contribution < 1.29 is 9.53 Å². The highest BCUT2D eigenvalue weighted by Gasteiger charge is 2.20. The standard InChI is InChI=1S/C13H19BrN2O2/c1-4-5-11(13(17)16-15)18-12-8(2)6-10(14)7-9(12)3/h6-7,11H,4-5,15H2,1-3H3,(H,16,17). The zero-order chi connectivity index (χ0) is 13.7. The molecule has 0 saturated heterocycles. The summed E-state index contributed by atoms with van der Waals surface area (Å²) in [6, 6.07) is 3.93. The highest BCUT2D eigenvalue weighted by atomic mass is 79.9. The number of aryl methyl sites for hydroxylation is 2. The first-order valence-corrected chi connectivity index (χ1v) is 6.72. The van der Waals surface area contributed by atoms with Gasteiger partial charge in [0, 0.05) is 4.47 Å². The van der Waals surface area contributed by atoms with Crippen molar-refractivity contribution >= 4 is 21.8 Å². The normalized spacial score (nSPS) is 12.1. The molecule has 1 unspecified atom stereocenters. The summed E-state index contributed by atoms with van der Waals surface area (Å²) >= 11 is 3.43. The third kappa shape index (κ3) is 3.71. The Labute approximate surface area is 116 Å². The number of amides is 1. The van der Waals surface area contributed by atoms with Gasteiger partial charge in [-0.25, -0.2) is 5.84 Å². The fourth-order valence-corrected chi connectivity index (χ4v) is 2.51. The molecule has 0 aromatic heterocycles. The molecule has 1 aromatic rings. The quantitative estimate of drug-likeness (QED) is 0.499. The van der Waals surface area contributed by atoms with Crippen LogP contribution in [0.1, 0.15) is 30.9 Å². The SMILES string of the molecule is CCCC(Oc1c(C)cc(Br)cc1C)C(=O)NN. The first-order chi connectivity index (χ1) is 8.49. The molecule has 0 saturated carbocycles. The van der Waals surface area contributed by atoms with Crippen molar-refractivity contribution in [2.75, 3.05) is 0 Å². The van der Waals surface area contributed by atoms with Gasteiger partial charge in [-0.1, -0.05) is 29.3 Å². The van der Waals surface area contributed by atoms with Gasteiger partial charge in [-0.3, -0.25) is 10.2 Å². The maximum atomic E-state index is 11.6. The molecular weight excluding hydrogens is 296 g/mol. The van der Waals surface area contributed by atoms with E-state index in [4.69, 9.17) is 10.6 Å². The fourth-order valence-electron chi connectivity index (χ4n) is 1.82. The average Bonchev–Trinajstić information content (AvgIpc) is 2.31. The molecule has 0 spiro atoms. The molecule has 0 heterocycles. The first kappa shape index (κ1) is 15.0. The molecule has 1 atom stereocenters. The lowest BCUT2D eigenvalue weighted by Crippen LogP contribution is -2.42. The summed E-state index contributed by atoms with van der Waals surface area (Å²) in [5.41, 5.74) is 4.13. The second-order valence-corrected chi connectivity index (χ2v) is 5.19. The van der Waals surface area contributed by atoms with Crippen LogP contribution in [0.5, 0.6) is 5.75 Å². The van der Waals surface area contributed by atoms with Gasteiger partial charge in [0.2, 0.25) is 0 Å². The Kier molecular flexibility index (Phi) is 5.62. The van der Waals surface area contributed by atoms with E-state index < -0.39 is 6.10 Å². The van der Waals surface area contributed by atoms with E-state index >= 15 is 0 Å². The van der Waals surface area contributed by atoms with Crippen molar-refractivity contribution in [3.8, 4) is 5.75 Å². The number of ether oxygens (including phenoxy) is 1. The Morgan fingerprint density at radius 3 is 2.44 bits per heavy atom. The van der Waals surface area contributed by atoms with E-state index in [2.05, 4.69) is 21.4 Å². The number of rotatable bonds is 5. The predicted octanol–water partition coefficient (Wildman–Crippen LogP) is 2.60. The molecular formula is C13H19BrN2O2. The zero-order valence-corrected chi connectivity index (χ0v) is 12.5. The number of hydrogen-bond acceptors (Lipinski definition) is 3. The molecule has 1 amide bonds. The minimum atomic E-state index is -0.543. The fraction of sp³-hybridized carbons (Fsp3) is 0.462. The van der Waals surface area contributed by atoms with E-state index in [1.54, 1.807) is 0 Å². The lowest BCUT2D eigenvalue weighted by Gasteiger charge is -2.20. The topological polar surface area (TPSA) is 64.3 Å². The Bertz CT molecular complexity index is 412. The van der Waals surface area contributed by atoms with Crippen molar-refractivity contribution in [1.29, 1.82) is 0 Å². The number of hydrogen-bond donors (Lipinski definition) is 2. The molecule has 1 rings (SSSR count). The maximum Gasteiger partial charge on any atom is 0.274 e. The summed E-state index contributed by atoms with van der Waals surface area (Å²) in [4.78, 5) is 11.6. The number of halogens is 1. The third-order valence-corrected chi connectivity index (χ3v) is 3.13. The monoisotopic (exact) mass is 314 g/mol. The van der Waals surface area contributed by atoms with Crippen LogP contribution in [0.15, 0.2) is 16.6 Å². The summed E-state index contributed by atoms with van der Waals surface area (Å²) in [5, 5.41) is 0. The molecule has 0 fully saturated rings. The molecule has 0 aliphatic carbocycles. The van der Waals surface area contributed by atoms with Crippen LogP contribution in [0.4, 0.5) is 0 Å². The predicted molar refractivity (Wildman–Crippen MR) is 75.3 cm³/mol. The average molecular weight is 315 g/mol. The van der Waals surface area contributed by atoms with Gasteiger partial charge in [-0.2, -0.15) is 0 Å². The van der Waals surface area contributed by atoms with Crippen LogP contribution in [0.25, 0.3) is 0 Å². The summed E-state index contributed by atoms with van der Waals surface area (Å²) < 4.78 is 6.81. The Balaban J connectivity index is 2.97. The molecule has 18 heavy (non-hydrogen) atoms. The molecule has 3 N–H and O–H groups in total. The van der Waals surface area contributed by atoms with Crippen LogP contribution in [-0.2, 0) is 4.79 Å². The Hall–Kier alpha value is -1.07. The molecule has 0 bridgehead atoms. The number of hydrazine groups is 1. The molecule has 4 nitrogen and oxygen atoms in total. The van der Waals surface area contributed by atoms with Crippen molar-refractivity contribution in [1.82, 2.24) is 5.43 Å². The van der Waals surface area contributed by atoms with E-state index in [0.717, 1.165) is 27.8 Å². The van der Waals surface area contributed by atoms with Crippen molar-refractivity contribution in [3.05, 3.63) is 27.7 Å². The molecule has 5 heteroatoms. The van der Waals surface area contributed by atoms with Crippen LogP contribution in [0.3, 0.4) is 0 Å². The lowest BCUT2D eigenvalue weighted by atomic mass is 10.1. The summed E-state index contributed by atoms with van der Waals surface area (Å²) in [6.07, 6.45) is 0.948. The van der Waals surface area contributed by atoms with Crippen molar-refractivity contribution in [3.63, 3.8) is 0 Å². The lowest BCUT2D eigenvalue weighted by molar-refractivity contribution is -0.128. The van der Waals surface area contributed by atoms with E-state index in [1.165, 1.54) is 0 Å². The van der Waals surface area contributed by atoms with Crippen LogP contribution < -0.4 is 16.0 Å². The van der Waals surface area contributed by atoms with Crippen LogP contribution >= 0.6 is 15.9 Å². The number of nitrogens with one attached hydrogen (secondary N) is 1. The highest BCUT2D eigenvalue weighted by Crippen LogP contribution is 2.28. The maximum absolute atomic E-state index is 11.6. The highest BCUT2D eigenvalue weighted by molar-refractivity contribution is 9.10. The van der Waals surface area contributed by atoms with Crippen LogP contribution in [-0.4, -0.2) is 12.0 Å². The number of carbonyl (C=O) groups excluding carboxylic acids is 1. The number of nitrogens with two attached hydrogens (primary N) is 1. The first-order valence-electron chi connectivity index (χ1n) is 5.93. The minimum absolute atomic E-state index is 0.293. The molecule has 100 valence electrons. The Morgan fingerprint density at radius 2 is 2.00 bits per heavy atom. The van der Waals surface area contributed by atoms with E-state index in [0.29, 0.717) is 6.42 Å². The van der Waals surface area contributed by atoms with Gasteiger partial charge in [-0.05, 0) is 43.5 Å². The van der Waals surface area contributed by atoms with E-state index in [1.807, 2.05) is 32.9 Å². The van der Waals surface area contributed by atoms with Crippen LogP contribution in [0, 0.1) is 13.8 Å². The van der Waals surface area contributed by atoms with Gasteiger partial charge in [0.25, 0.3) is 5.91 Å². The van der Waals surface area contributed by atoms with Crippen LogP contribution in [0.2, 0.25) is 0 Å². The second-order valence-electron chi connectivity index (χ2n) is 4.27. The smallest absolute Gasteiger partial charge is 0.274 e. The van der Waals surface area contributed by atoms with Crippen molar-refractivity contribution in [2.24, 2.45) is 5.84 Å². The molecule has 0 aliphatic rings. The molecule has 0 aliphatic heterocycles. The summed E-state index contributed by atoms with van der Waals surface area (Å²) in [6.45, 7) is 5.91. The van der Waals surface area contributed by atoms with Gasteiger partial charge >= 0.3 is 0 Å². The van der Waals surface area contributed by atoms with Gasteiger partial charge in [-0.15, -0.1) is 0 Å². The van der Waals surface area contributed by atoms with E-state index in [-0.39, 0.29) is 5.91 Å². The largest absolute Gasteiger partial charge is 0.480 e. The van der Waals surface area contributed by atoms with Gasteiger partial charge in [0.05, 0.1) is 0 Å². The second kappa shape index (κ2) is 6.75. The number of benzene rings is 1. The van der Waals surface area contributed by atoms with Gasteiger partial charge < -0.3 is 4.74 Å². The van der Waals surface area contributed by atoms with E-state index in [9.17, 15) is 4.79 Å². The van der Waals surface area contributed by atoms with Gasteiger partial charge in [0.1, 0.15) is 5.75 Å². The third-order valence-electron chi connectivity index (χ3n) is 2.67. The zero-order valence-electron chi connectivity index (χ0n) is 10.9. The minimum Gasteiger partial charge on any atom is -0.480 e.